The quantitative estimate of drug-likeness (QED) is 0.932. The molecule has 1 N–H and O–H groups in total. The van der Waals surface area contributed by atoms with Gasteiger partial charge in [-0.2, -0.15) is 0 Å². The van der Waals surface area contributed by atoms with Crippen LogP contribution in [0.3, 0.4) is 0 Å². The molecule has 0 atom stereocenters. The van der Waals surface area contributed by atoms with Crippen LogP contribution in [-0.4, -0.2) is 34.5 Å². The van der Waals surface area contributed by atoms with Crippen LogP contribution < -0.4 is 9.64 Å². The summed E-state index contributed by atoms with van der Waals surface area (Å²) in [4.78, 5) is 10.2. The predicted octanol–water partition coefficient (Wildman–Crippen LogP) is 2.86. The van der Waals surface area contributed by atoms with E-state index in [1.165, 1.54) is 18.2 Å². The lowest BCUT2D eigenvalue weighted by molar-refractivity contribution is -0.274. The summed E-state index contributed by atoms with van der Waals surface area (Å²) in [6.45, 7) is 1.05. The maximum Gasteiger partial charge on any atom is 0.573 e. The fraction of sp³-hybridized carbons (Fsp3) is 0.375. The molecular weight excluding hydrogens is 323 g/mol. The Balaban J connectivity index is 1.73. The number of rotatable bonds is 3. The summed E-state index contributed by atoms with van der Waals surface area (Å²) in [5, 5.41) is 10.8. The molecule has 8 heteroatoms. The standard InChI is InChI=1S/C16H16F3N3O2/c17-16(18,19)24-13-3-1-2-12(10-13)15(23)4-8-22(9-5-15)14-11-20-6-7-21-14/h1-3,6-7,10-11,23H,4-5,8-9H2. The first-order valence-corrected chi connectivity index (χ1v) is 7.45. The third kappa shape index (κ3) is 3.76. The summed E-state index contributed by atoms with van der Waals surface area (Å²) in [5.41, 5.74) is -0.771. The summed E-state index contributed by atoms with van der Waals surface area (Å²) in [7, 11) is 0. The zero-order chi connectivity index (χ0) is 17.2. The van der Waals surface area contributed by atoms with Crippen LogP contribution in [0.2, 0.25) is 0 Å². The summed E-state index contributed by atoms with van der Waals surface area (Å²) >= 11 is 0. The second-order valence-corrected chi connectivity index (χ2v) is 5.66. The van der Waals surface area contributed by atoms with Gasteiger partial charge in [-0.05, 0) is 30.5 Å². The van der Waals surface area contributed by atoms with E-state index in [9.17, 15) is 18.3 Å². The Labute approximate surface area is 136 Å². The minimum Gasteiger partial charge on any atom is -0.406 e. The lowest BCUT2D eigenvalue weighted by Crippen LogP contribution is -2.43. The molecule has 5 nitrogen and oxygen atoms in total. The first-order valence-electron chi connectivity index (χ1n) is 7.45. The van der Waals surface area contributed by atoms with Crippen molar-refractivity contribution in [1.29, 1.82) is 0 Å². The first-order chi connectivity index (χ1) is 11.4. The molecule has 1 aromatic carbocycles. The van der Waals surface area contributed by atoms with Crippen molar-refractivity contribution in [2.45, 2.75) is 24.8 Å². The highest BCUT2D eigenvalue weighted by Crippen LogP contribution is 2.36. The molecule has 1 aliphatic rings. The molecule has 0 radical (unpaired) electrons. The normalized spacial score (nSPS) is 17.6. The maximum absolute atomic E-state index is 12.3. The number of alkyl halides is 3. The molecule has 0 amide bonds. The van der Waals surface area contributed by atoms with E-state index in [0.29, 0.717) is 37.3 Å². The van der Waals surface area contributed by atoms with Crippen molar-refractivity contribution in [3.05, 3.63) is 48.4 Å². The number of halogens is 3. The SMILES string of the molecule is OC1(c2cccc(OC(F)(F)F)c2)CCN(c2cnccn2)CC1. The minimum absolute atomic E-state index is 0.329. The van der Waals surface area contributed by atoms with Crippen LogP contribution in [0.5, 0.6) is 5.75 Å². The smallest absolute Gasteiger partial charge is 0.406 e. The van der Waals surface area contributed by atoms with Gasteiger partial charge in [0.05, 0.1) is 11.8 Å². The third-order valence-electron chi connectivity index (χ3n) is 4.07. The van der Waals surface area contributed by atoms with Crippen molar-refractivity contribution in [2.24, 2.45) is 0 Å². The van der Waals surface area contributed by atoms with Gasteiger partial charge < -0.3 is 14.7 Å². The molecule has 3 rings (SSSR count). The van der Waals surface area contributed by atoms with Gasteiger partial charge in [-0.3, -0.25) is 4.98 Å². The summed E-state index contributed by atoms with van der Waals surface area (Å²) in [6.07, 6.45) is 0.806. The van der Waals surface area contributed by atoms with Gasteiger partial charge in [0.2, 0.25) is 0 Å². The van der Waals surface area contributed by atoms with Gasteiger partial charge in [-0.25, -0.2) is 4.98 Å². The third-order valence-corrected chi connectivity index (χ3v) is 4.07. The number of benzene rings is 1. The second kappa shape index (κ2) is 6.27. The average Bonchev–Trinajstić information content (AvgIpc) is 2.55. The molecule has 0 aliphatic carbocycles. The largest absolute Gasteiger partial charge is 0.573 e. The number of hydrogen-bond donors (Lipinski definition) is 1. The molecule has 2 aromatic rings. The molecule has 0 unspecified atom stereocenters. The Hall–Kier alpha value is -2.35. The molecule has 1 aromatic heterocycles. The Bertz CT molecular complexity index is 686. The van der Waals surface area contributed by atoms with Gasteiger partial charge in [-0.1, -0.05) is 12.1 Å². The Morgan fingerprint density at radius 1 is 1.17 bits per heavy atom. The van der Waals surface area contributed by atoms with Crippen LogP contribution in [-0.2, 0) is 5.60 Å². The maximum atomic E-state index is 12.3. The van der Waals surface area contributed by atoms with E-state index in [2.05, 4.69) is 14.7 Å². The van der Waals surface area contributed by atoms with Gasteiger partial charge in [0, 0.05) is 25.5 Å². The van der Waals surface area contributed by atoms with Crippen LogP contribution >= 0.6 is 0 Å². The van der Waals surface area contributed by atoms with Crippen LogP contribution in [0.4, 0.5) is 19.0 Å². The molecule has 1 saturated heterocycles. The monoisotopic (exact) mass is 339 g/mol. The van der Waals surface area contributed by atoms with E-state index in [1.54, 1.807) is 24.7 Å². The number of anilines is 1. The minimum atomic E-state index is -4.75. The molecule has 1 aliphatic heterocycles. The van der Waals surface area contributed by atoms with Gasteiger partial charge in [-0.15, -0.1) is 13.2 Å². The Kier molecular flexibility index (Phi) is 4.31. The molecule has 2 heterocycles. The average molecular weight is 339 g/mol. The molecule has 128 valence electrons. The van der Waals surface area contributed by atoms with E-state index >= 15 is 0 Å². The van der Waals surface area contributed by atoms with Crippen molar-refractivity contribution in [1.82, 2.24) is 9.97 Å². The summed E-state index contributed by atoms with van der Waals surface area (Å²) in [6, 6.07) is 5.52. The van der Waals surface area contributed by atoms with Crippen LogP contribution in [0, 0.1) is 0 Å². The van der Waals surface area contributed by atoms with Gasteiger partial charge in [0.1, 0.15) is 11.6 Å². The van der Waals surface area contributed by atoms with Crippen molar-refractivity contribution >= 4 is 5.82 Å². The van der Waals surface area contributed by atoms with E-state index < -0.39 is 12.0 Å². The number of aromatic nitrogens is 2. The van der Waals surface area contributed by atoms with Gasteiger partial charge in [0.15, 0.2) is 0 Å². The zero-order valence-corrected chi connectivity index (χ0v) is 12.7. The van der Waals surface area contributed by atoms with Crippen molar-refractivity contribution in [2.75, 3.05) is 18.0 Å². The molecule has 0 spiro atoms. The summed E-state index contributed by atoms with van der Waals surface area (Å²) in [5.74, 6) is 0.387. The van der Waals surface area contributed by atoms with Crippen molar-refractivity contribution < 1.29 is 23.0 Å². The van der Waals surface area contributed by atoms with Crippen molar-refractivity contribution in [3.8, 4) is 5.75 Å². The van der Waals surface area contributed by atoms with E-state index in [-0.39, 0.29) is 5.75 Å². The zero-order valence-electron chi connectivity index (χ0n) is 12.7. The van der Waals surface area contributed by atoms with E-state index in [0.717, 1.165) is 0 Å². The number of hydrogen-bond acceptors (Lipinski definition) is 5. The topological polar surface area (TPSA) is 58.5 Å². The molecule has 24 heavy (non-hydrogen) atoms. The summed E-state index contributed by atoms with van der Waals surface area (Å²) < 4.78 is 41.0. The highest BCUT2D eigenvalue weighted by Gasteiger charge is 2.36. The van der Waals surface area contributed by atoms with Crippen LogP contribution in [0.25, 0.3) is 0 Å². The first kappa shape index (κ1) is 16.5. The lowest BCUT2D eigenvalue weighted by atomic mass is 9.84. The van der Waals surface area contributed by atoms with Crippen LogP contribution in [0.1, 0.15) is 18.4 Å². The predicted molar refractivity (Wildman–Crippen MR) is 80.5 cm³/mol. The molecular formula is C16H16F3N3O2. The second-order valence-electron chi connectivity index (χ2n) is 5.66. The number of nitrogens with zero attached hydrogens (tertiary/aromatic N) is 3. The number of aliphatic hydroxyl groups is 1. The lowest BCUT2D eigenvalue weighted by Gasteiger charge is -2.39. The highest BCUT2D eigenvalue weighted by molar-refractivity contribution is 5.38. The fourth-order valence-corrected chi connectivity index (χ4v) is 2.83. The Morgan fingerprint density at radius 2 is 1.92 bits per heavy atom. The highest BCUT2D eigenvalue weighted by atomic mass is 19.4. The number of piperidine rings is 1. The molecule has 1 fully saturated rings. The molecule has 0 saturated carbocycles. The van der Waals surface area contributed by atoms with Gasteiger partial charge >= 0.3 is 6.36 Å². The fourth-order valence-electron chi connectivity index (χ4n) is 2.83. The number of ether oxygens (including phenoxy) is 1. The van der Waals surface area contributed by atoms with Gasteiger partial charge in [0.25, 0.3) is 0 Å². The molecule has 0 bridgehead atoms. The van der Waals surface area contributed by atoms with E-state index in [4.69, 9.17) is 0 Å². The van der Waals surface area contributed by atoms with Crippen molar-refractivity contribution in [3.63, 3.8) is 0 Å². The van der Waals surface area contributed by atoms with E-state index in [1.807, 2.05) is 4.90 Å². The Morgan fingerprint density at radius 3 is 2.54 bits per heavy atom. The van der Waals surface area contributed by atoms with Crippen LogP contribution in [0.15, 0.2) is 42.9 Å².